The predicted octanol–water partition coefficient (Wildman–Crippen LogP) is 4.76. The van der Waals surface area contributed by atoms with E-state index in [0.29, 0.717) is 16.8 Å². The summed E-state index contributed by atoms with van der Waals surface area (Å²) in [5, 5.41) is 9.97. The summed E-state index contributed by atoms with van der Waals surface area (Å²) in [6, 6.07) is 15.3. The van der Waals surface area contributed by atoms with Gasteiger partial charge < -0.3 is 15.2 Å². The number of carbonyl (C=O) groups excluding carboxylic acids is 2. The van der Waals surface area contributed by atoms with Crippen LogP contribution in [0, 0.1) is 13.8 Å². The highest BCUT2D eigenvalue weighted by atomic mass is 35.5. The molecule has 0 aliphatic heterocycles. The Morgan fingerprint density at radius 2 is 1.93 bits per heavy atom. The molecule has 1 heterocycles. The van der Waals surface area contributed by atoms with Gasteiger partial charge in [0.2, 0.25) is 12.2 Å². The van der Waals surface area contributed by atoms with Gasteiger partial charge in [-0.05, 0) is 49.9 Å². The van der Waals surface area contributed by atoms with Crippen LogP contribution in [0.15, 0.2) is 53.1 Å². The molecule has 1 saturated carbocycles. The van der Waals surface area contributed by atoms with E-state index in [2.05, 4.69) is 15.8 Å². The molecule has 7 heteroatoms. The standard InChI is InChI=1S/C18H15ClN2O2.C4H7NO/c1-11-7-8-12(2)15(9-11)20-18(22)17-10-16(21-23-17)13-5-3-4-6-14(13)19;6-3-5-4-1-2-4/h3-10H,1-2H3,(H,20,22);3-4H,1-2H2,(H,5,6). The molecule has 6 nitrogen and oxygen atoms in total. The molecule has 0 bridgehead atoms. The number of anilines is 1. The van der Waals surface area contributed by atoms with Crippen LogP contribution < -0.4 is 10.6 Å². The number of aryl methyl sites for hydroxylation is 2. The second-order valence-electron chi connectivity index (χ2n) is 6.89. The molecule has 1 fully saturated rings. The summed E-state index contributed by atoms with van der Waals surface area (Å²) in [5.74, 6) is -0.203. The van der Waals surface area contributed by atoms with Crippen LogP contribution in [0.3, 0.4) is 0 Å². The van der Waals surface area contributed by atoms with E-state index in [0.717, 1.165) is 28.8 Å². The first-order valence-electron chi connectivity index (χ1n) is 9.28. The van der Waals surface area contributed by atoms with Gasteiger partial charge in [0, 0.05) is 23.4 Å². The van der Waals surface area contributed by atoms with Crippen molar-refractivity contribution in [3.63, 3.8) is 0 Å². The number of rotatable bonds is 5. The monoisotopic (exact) mass is 411 g/mol. The lowest BCUT2D eigenvalue weighted by atomic mass is 10.1. The number of carbonyl (C=O) groups is 2. The summed E-state index contributed by atoms with van der Waals surface area (Å²) in [5.41, 5.74) is 4.06. The zero-order valence-electron chi connectivity index (χ0n) is 16.2. The fourth-order valence-corrected chi connectivity index (χ4v) is 2.81. The molecule has 1 aromatic heterocycles. The van der Waals surface area contributed by atoms with Gasteiger partial charge in [0.05, 0.1) is 5.02 Å². The minimum absolute atomic E-state index is 0.140. The first-order chi connectivity index (χ1) is 14.0. The van der Waals surface area contributed by atoms with Crippen molar-refractivity contribution in [2.24, 2.45) is 0 Å². The Morgan fingerprint density at radius 3 is 2.59 bits per heavy atom. The summed E-state index contributed by atoms with van der Waals surface area (Å²) >= 11 is 6.13. The van der Waals surface area contributed by atoms with Crippen LogP contribution in [0.5, 0.6) is 0 Å². The highest BCUT2D eigenvalue weighted by molar-refractivity contribution is 6.33. The Balaban J connectivity index is 0.000000343. The highest BCUT2D eigenvalue weighted by Gasteiger charge is 2.19. The largest absolute Gasteiger partial charge is 0.356 e. The topological polar surface area (TPSA) is 84.2 Å². The molecular weight excluding hydrogens is 390 g/mol. The van der Waals surface area contributed by atoms with Crippen molar-refractivity contribution in [2.45, 2.75) is 32.7 Å². The maximum Gasteiger partial charge on any atom is 0.294 e. The van der Waals surface area contributed by atoms with Crippen LogP contribution in [0.4, 0.5) is 5.69 Å². The maximum atomic E-state index is 12.3. The number of hydrogen-bond acceptors (Lipinski definition) is 4. The van der Waals surface area contributed by atoms with E-state index in [-0.39, 0.29) is 11.7 Å². The van der Waals surface area contributed by atoms with Gasteiger partial charge in [0.15, 0.2) is 0 Å². The molecule has 0 unspecified atom stereocenters. The van der Waals surface area contributed by atoms with Crippen LogP contribution in [0.1, 0.15) is 34.5 Å². The molecule has 29 heavy (non-hydrogen) atoms. The summed E-state index contributed by atoms with van der Waals surface area (Å²) < 4.78 is 5.16. The molecule has 2 N–H and O–H groups in total. The quantitative estimate of drug-likeness (QED) is 0.593. The minimum Gasteiger partial charge on any atom is -0.356 e. The first kappa shape index (κ1) is 20.6. The van der Waals surface area contributed by atoms with Crippen LogP contribution >= 0.6 is 11.6 Å². The van der Waals surface area contributed by atoms with Gasteiger partial charge in [0.1, 0.15) is 5.69 Å². The van der Waals surface area contributed by atoms with Gasteiger partial charge in [-0.2, -0.15) is 0 Å². The average molecular weight is 412 g/mol. The Bertz CT molecular complexity index is 1010. The van der Waals surface area contributed by atoms with E-state index in [1.807, 2.05) is 50.2 Å². The first-order valence-corrected chi connectivity index (χ1v) is 9.65. The summed E-state index contributed by atoms with van der Waals surface area (Å²) in [6.45, 7) is 3.91. The van der Waals surface area contributed by atoms with E-state index >= 15 is 0 Å². The van der Waals surface area contributed by atoms with Crippen molar-refractivity contribution in [2.75, 3.05) is 5.32 Å². The Morgan fingerprint density at radius 1 is 1.17 bits per heavy atom. The van der Waals surface area contributed by atoms with Crippen molar-refractivity contribution in [1.82, 2.24) is 10.5 Å². The van der Waals surface area contributed by atoms with Gasteiger partial charge in [-0.15, -0.1) is 0 Å². The molecule has 0 radical (unpaired) electrons. The second-order valence-corrected chi connectivity index (χ2v) is 7.29. The van der Waals surface area contributed by atoms with Crippen molar-refractivity contribution in [3.05, 3.63) is 70.4 Å². The normalized spacial score (nSPS) is 12.5. The zero-order valence-corrected chi connectivity index (χ0v) is 17.0. The Labute approximate surface area is 174 Å². The lowest BCUT2D eigenvalue weighted by Gasteiger charge is -2.07. The van der Waals surface area contributed by atoms with Gasteiger partial charge in [-0.25, -0.2) is 0 Å². The zero-order chi connectivity index (χ0) is 20.8. The Hall–Kier alpha value is -3.12. The van der Waals surface area contributed by atoms with E-state index in [1.54, 1.807) is 12.1 Å². The van der Waals surface area contributed by atoms with Crippen LogP contribution in [0.2, 0.25) is 5.02 Å². The molecule has 150 valence electrons. The Kier molecular flexibility index (Phi) is 6.67. The van der Waals surface area contributed by atoms with E-state index < -0.39 is 0 Å². The van der Waals surface area contributed by atoms with Crippen LogP contribution in [-0.2, 0) is 4.79 Å². The summed E-state index contributed by atoms with van der Waals surface area (Å²) in [6.07, 6.45) is 3.12. The van der Waals surface area contributed by atoms with E-state index in [4.69, 9.17) is 16.1 Å². The highest BCUT2D eigenvalue weighted by Crippen LogP contribution is 2.27. The lowest BCUT2D eigenvalue weighted by molar-refractivity contribution is -0.109. The third kappa shape index (κ3) is 5.68. The van der Waals surface area contributed by atoms with Gasteiger partial charge >= 0.3 is 0 Å². The van der Waals surface area contributed by atoms with Gasteiger partial charge in [-0.1, -0.05) is 47.1 Å². The predicted molar refractivity (Wildman–Crippen MR) is 113 cm³/mol. The van der Waals surface area contributed by atoms with Crippen LogP contribution in [0.25, 0.3) is 11.3 Å². The smallest absolute Gasteiger partial charge is 0.294 e. The van der Waals surface area contributed by atoms with Crippen molar-refractivity contribution in [3.8, 4) is 11.3 Å². The molecule has 3 aromatic rings. The summed E-state index contributed by atoms with van der Waals surface area (Å²) in [4.78, 5) is 21.9. The molecule has 2 aromatic carbocycles. The molecule has 0 atom stereocenters. The molecular formula is C22H22ClN3O3. The fraction of sp³-hybridized carbons (Fsp3) is 0.227. The van der Waals surface area contributed by atoms with Crippen molar-refractivity contribution < 1.29 is 14.1 Å². The average Bonchev–Trinajstić information content (AvgIpc) is 3.38. The lowest BCUT2D eigenvalue weighted by Crippen LogP contribution is -2.12. The molecule has 0 spiro atoms. The molecule has 4 rings (SSSR count). The minimum atomic E-state index is -0.343. The molecule has 1 aliphatic carbocycles. The number of nitrogens with one attached hydrogen (secondary N) is 2. The number of hydrogen-bond donors (Lipinski definition) is 2. The van der Waals surface area contributed by atoms with Crippen molar-refractivity contribution in [1.29, 1.82) is 0 Å². The number of halogens is 1. The third-order valence-electron chi connectivity index (χ3n) is 4.41. The number of nitrogens with zero attached hydrogens (tertiary/aromatic N) is 1. The SMILES string of the molecule is Cc1ccc(C)c(NC(=O)c2cc(-c3ccccc3Cl)no2)c1.O=CNC1CC1. The third-order valence-corrected chi connectivity index (χ3v) is 4.74. The number of benzene rings is 2. The van der Waals surface area contributed by atoms with E-state index in [9.17, 15) is 9.59 Å². The number of aromatic nitrogens is 1. The van der Waals surface area contributed by atoms with E-state index in [1.165, 1.54) is 12.8 Å². The molecule has 0 saturated heterocycles. The van der Waals surface area contributed by atoms with Crippen LogP contribution in [-0.4, -0.2) is 23.5 Å². The molecule has 2 amide bonds. The second kappa shape index (κ2) is 9.39. The molecule has 1 aliphatic rings. The van der Waals surface area contributed by atoms with Gasteiger partial charge in [-0.3, -0.25) is 9.59 Å². The summed E-state index contributed by atoms with van der Waals surface area (Å²) in [7, 11) is 0. The van der Waals surface area contributed by atoms with Gasteiger partial charge in [0.25, 0.3) is 5.91 Å². The number of amides is 2. The fourth-order valence-electron chi connectivity index (χ4n) is 2.58. The van der Waals surface area contributed by atoms with Crippen molar-refractivity contribution >= 4 is 29.6 Å². The maximum absolute atomic E-state index is 12.3.